The van der Waals surface area contributed by atoms with Crippen molar-refractivity contribution in [3.8, 4) is 12.3 Å². The lowest BCUT2D eigenvalue weighted by atomic mass is 9.79. The second-order valence-electron chi connectivity index (χ2n) is 5.06. The number of ether oxygens (including phenoxy) is 2. The number of ketones is 1. The van der Waals surface area contributed by atoms with Crippen LogP contribution in [-0.2, 0) is 24.5 Å². The maximum absolute atomic E-state index is 12.2. The molecule has 0 spiro atoms. The predicted octanol–water partition coefficient (Wildman–Crippen LogP) is 2.03. The molecular formula is C17H20O4. The molecule has 1 rings (SSSR count). The molecular weight excluding hydrogens is 268 g/mol. The zero-order valence-corrected chi connectivity index (χ0v) is 12.6. The molecule has 21 heavy (non-hydrogen) atoms. The van der Waals surface area contributed by atoms with E-state index < -0.39 is 11.2 Å². The molecule has 0 fully saturated rings. The summed E-state index contributed by atoms with van der Waals surface area (Å²) in [4.78, 5) is 23.1. The molecule has 1 aromatic rings. The Labute approximate surface area is 125 Å². The zero-order chi connectivity index (χ0) is 15.9. The maximum Gasteiger partial charge on any atom is 0.316 e. The largest absolute Gasteiger partial charge is 0.468 e. The van der Waals surface area contributed by atoms with Gasteiger partial charge in [0.15, 0.2) is 0 Å². The minimum absolute atomic E-state index is 0.137. The monoisotopic (exact) mass is 288 g/mol. The van der Waals surface area contributed by atoms with E-state index in [-0.39, 0.29) is 19.2 Å². The van der Waals surface area contributed by atoms with Crippen LogP contribution in [0.2, 0.25) is 0 Å². The fourth-order valence-corrected chi connectivity index (χ4v) is 2.06. The van der Waals surface area contributed by atoms with E-state index in [0.717, 1.165) is 11.1 Å². The number of hydrogen-bond acceptors (Lipinski definition) is 4. The summed E-state index contributed by atoms with van der Waals surface area (Å²) >= 11 is 0. The summed E-state index contributed by atoms with van der Waals surface area (Å²) in [5.41, 5.74) is 1.10. The van der Waals surface area contributed by atoms with Gasteiger partial charge in [-0.2, -0.15) is 0 Å². The first-order chi connectivity index (χ1) is 9.93. The van der Waals surface area contributed by atoms with Crippen molar-refractivity contribution in [3.05, 3.63) is 35.4 Å². The van der Waals surface area contributed by atoms with E-state index in [0.29, 0.717) is 6.42 Å². The smallest absolute Gasteiger partial charge is 0.316 e. The summed E-state index contributed by atoms with van der Waals surface area (Å²) in [5.74, 6) is 1.24. The highest BCUT2D eigenvalue weighted by Gasteiger charge is 2.36. The van der Waals surface area contributed by atoms with E-state index in [1.165, 1.54) is 7.11 Å². The topological polar surface area (TPSA) is 52.6 Å². The first-order valence-electron chi connectivity index (χ1n) is 6.67. The van der Waals surface area contributed by atoms with Crippen LogP contribution < -0.4 is 0 Å². The van der Waals surface area contributed by atoms with E-state index in [4.69, 9.17) is 15.9 Å². The standard InChI is InChI=1S/C17H20O4/c1-5-15(18)12-21-10-9-17(3,16(19)20-4)14-8-6-7-13(2)11-14/h1,6-8,11H,9-10,12H2,2-4H3. The number of rotatable bonds is 7. The Morgan fingerprint density at radius 1 is 1.38 bits per heavy atom. The third-order valence-electron chi connectivity index (χ3n) is 3.43. The van der Waals surface area contributed by atoms with E-state index in [9.17, 15) is 9.59 Å². The van der Waals surface area contributed by atoms with Gasteiger partial charge in [0.05, 0.1) is 12.5 Å². The number of methoxy groups -OCH3 is 1. The molecule has 0 heterocycles. The Kier molecular flexibility index (Phi) is 6.13. The van der Waals surface area contributed by atoms with Crippen LogP contribution in [0.4, 0.5) is 0 Å². The molecule has 0 saturated heterocycles. The number of benzene rings is 1. The van der Waals surface area contributed by atoms with E-state index in [2.05, 4.69) is 0 Å². The minimum atomic E-state index is -0.819. The molecule has 1 atom stereocenters. The molecule has 112 valence electrons. The van der Waals surface area contributed by atoms with Crippen LogP contribution in [0.25, 0.3) is 0 Å². The normalized spacial score (nSPS) is 13.0. The van der Waals surface area contributed by atoms with Gasteiger partial charge in [-0.3, -0.25) is 9.59 Å². The molecule has 0 aromatic heterocycles. The number of hydrogen-bond donors (Lipinski definition) is 0. The van der Waals surface area contributed by atoms with Crippen LogP contribution in [-0.4, -0.2) is 32.1 Å². The Hall–Kier alpha value is -2.12. The highest BCUT2D eigenvalue weighted by molar-refractivity contribution is 5.95. The van der Waals surface area contributed by atoms with Crippen molar-refractivity contribution in [2.24, 2.45) is 0 Å². The molecule has 0 aliphatic heterocycles. The summed E-state index contributed by atoms with van der Waals surface area (Å²) < 4.78 is 10.1. The van der Waals surface area contributed by atoms with Gasteiger partial charge in [-0.1, -0.05) is 29.8 Å². The number of aryl methyl sites for hydroxylation is 1. The van der Waals surface area contributed by atoms with Crippen molar-refractivity contribution in [2.45, 2.75) is 25.7 Å². The van der Waals surface area contributed by atoms with Gasteiger partial charge in [0.25, 0.3) is 0 Å². The first-order valence-corrected chi connectivity index (χ1v) is 6.67. The van der Waals surface area contributed by atoms with Gasteiger partial charge in [0, 0.05) is 6.61 Å². The Balaban J connectivity index is 2.83. The average molecular weight is 288 g/mol. The van der Waals surface area contributed by atoms with Crippen LogP contribution in [0.15, 0.2) is 24.3 Å². The fourth-order valence-electron chi connectivity index (χ4n) is 2.06. The third kappa shape index (κ3) is 4.44. The van der Waals surface area contributed by atoms with E-state index in [1.807, 2.05) is 37.1 Å². The molecule has 0 aliphatic carbocycles. The molecule has 0 radical (unpaired) electrons. The van der Waals surface area contributed by atoms with Gasteiger partial charge in [0.1, 0.15) is 6.61 Å². The Morgan fingerprint density at radius 2 is 2.10 bits per heavy atom. The molecule has 0 aliphatic rings. The van der Waals surface area contributed by atoms with Gasteiger partial charge < -0.3 is 9.47 Å². The summed E-state index contributed by atoms with van der Waals surface area (Å²) in [6, 6.07) is 7.69. The van der Waals surface area contributed by atoms with Crippen molar-refractivity contribution >= 4 is 11.8 Å². The summed E-state index contributed by atoms with van der Waals surface area (Å²) in [6.45, 7) is 3.87. The van der Waals surface area contributed by atoms with Crippen molar-refractivity contribution < 1.29 is 19.1 Å². The third-order valence-corrected chi connectivity index (χ3v) is 3.43. The SMILES string of the molecule is C#CC(=O)COCCC(C)(C(=O)OC)c1cccc(C)c1. The Bertz CT molecular complexity index is 556. The summed E-state index contributed by atoms with van der Waals surface area (Å²) in [6.07, 6.45) is 5.37. The van der Waals surface area contributed by atoms with Crippen molar-refractivity contribution in [1.29, 1.82) is 0 Å². The first kappa shape index (κ1) is 16.9. The lowest BCUT2D eigenvalue weighted by molar-refractivity contribution is -0.147. The second kappa shape index (κ2) is 7.61. The molecule has 0 N–H and O–H groups in total. The van der Waals surface area contributed by atoms with Gasteiger partial charge in [-0.05, 0) is 31.8 Å². The van der Waals surface area contributed by atoms with Crippen LogP contribution in [0.3, 0.4) is 0 Å². The number of Topliss-reactive ketones (excluding diaryl/α,β-unsaturated/α-hetero) is 1. The Morgan fingerprint density at radius 3 is 2.67 bits per heavy atom. The van der Waals surface area contributed by atoms with Crippen molar-refractivity contribution in [2.75, 3.05) is 20.3 Å². The molecule has 0 saturated carbocycles. The number of terminal acetylenes is 1. The van der Waals surface area contributed by atoms with Gasteiger partial charge in [-0.25, -0.2) is 0 Å². The van der Waals surface area contributed by atoms with Crippen LogP contribution in [0, 0.1) is 19.3 Å². The van der Waals surface area contributed by atoms with Crippen LogP contribution in [0.1, 0.15) is 24.5 Å². The van der Waals surface area contributed by atoms with Crippen LogP contribution in [0.5, 0.6) is 0 Å². The number of esters is 1. The van der Waals surface area contributed by atoms with Gasteiger partial charge in [0.2, 0.25) is 5.78 Å². The second-order valence-corrected chi connectivity index (χ2v) is 5.06. The highest BCUT2D eigenvalue weighted by Crippen LogP contribution is 2.29. The zero-order valence-electron chi connectivity index (χ0n) is 12.6. The van der Waals surface area contributed by atoms with Gasteiger partial charge >= 0.3 is 5.97 Å². The van der Waals surface area contributed by atoms with Crippen molar-refractivity contribution in [1.82, 2.24) is 0 Å². The quantitative estimate of drug-likeness (QED) is 0.333. The highest BCUT2D eigenvalue weighted by atomic mass is 16.5. The van der Waals surface area contributed by atoms with Crippen LogP contribution >= 0.6 is 0 Å². The summed E-state index contributed by atoms with van der Waals surface area (Å²) in [5, 5.41) is 0. The lowest BCUT2D eigenvalue weighted by Gasteiger charge is -2.27. The average Bonchev–Trinajstić information content (AvgIpc) is 2.50. The molecule has 0 amide bonds. The van der Waals surface area contributed by atoms with E-state index in [1.54, 1.807) is 6.92 Å². The number of carbonyl (C=O) groups excluding carboxylic acids is 2. The van der Waals surface area contributed by atoms with E-state index >= 15 is 0 Å². The molecule has 4 heteroatoms. The molecule has 4 nitrogen and oxygen atoms in total. The lowest BCUT2D eigenvalue weighted by Crippen LogP contribution is -2.35. The predicted molar refractivity (Wildman–Crippen MR) is 79.8 cm³/mol. The van der Waals surface area contributed by atoms with Gasteiger partial charge in [-0.15, -0.1) is 6.42 Å². The fraction of sp³-hybridized carbons (Fsp3) is 0.412. The molecule has 1 aromatic carbocycles. The molecule has 0 bridgehead atoms. The van der Waals surface area contributed by atoms with Crippen molar-refractivity contribution in [3.63, 3.8) is 0 Å². The maximum atomic E-state index is 12.2. The summed E-state index contributed by atoms with van der Waals surface area (Å²) in [7, 11) is 1.36. The minimum Gasteiger partial charge on any atom is -0.468 e. The number of carbonyl (C=O) groups is 2. The molecule has 1 unspecified atom stereocenters.